The molecule has 0 fully saturated rings. The average Bonchev–Trinajstić information content (AvgIpc) is 3.22. The Morgan fingerprint density at radius 3 is 2.74 bits per heavy atom. The fourth-order valence-electron chi connectivity index (χ4n) is 4.54. The zero-order valence-corrected chi connectivity index (χ0v) is 17.5. The highest BCUT2D eigenvalue weighted by molar-refractivity contribution is 5.75. The van der Waals surface area contributed by atoms with E-state index >= 15 is 0 Å². The molecule has 6 nitrogen and oxygen atoms in total. The van der Waals surface area contributed by atoms with Crippen molar-refractivity contribution in [2.45, 2.75) is 38.9 Å². The summed E-state index contributed by atoms with van der Waals surface area (Å²) in [5.74, 6) is 1.37. The minimum atomic E-state index is 0.407. The molecular formula is C25H27N5O. The van der Waals surface area contributed by atoms with E-state index in [1.807, 2.05) is 24.4 Å². The van der Waals surface area contributed by atoms with Crippen molar-refractivity contribution < 1.29 is 5.21 Å². The lowest BCUT2D eigenvalue weighted by molar-refractivity contribution is 0.161. The number of para-hydroxylation sites is 2. The number of aromatic nitrogens is 2. The summed E-state index contributed by atoms with van der Waals surface area (Å²) >= 11 is 0. The Labute approximate surface area is 182 Å². The maximum atomic E-state index is 8.94. The number of rotatable bonds is 7. The Morgan fingerprint density at radius 2 is 1.90 bits per heavy atom. The first-order chi connectivity index (χ1) is 15.3. The minimum Gasteiger partial charge on any atom is -0.362 e. The number of nitrogens with one attached hydrogen (secondary N) is 2. The summed E-state index contributed by atoms with van der Waals surface area (Å²) < 4.78 is 0. The van der Waals surface area contributed by atoms with Crippen LogP contribution in [0.4, 0.5) is 0 Å². The van der Waals surface area contributed by atoms with Crippen molar-refractivity contribution >= 4 is 17.2 Å². The first-order valence-corrected chi connectivity index (χ1v) is 10.9. The predicted molar refractivity (Wildman–Crippen MR) is 122 cm³/mol. The molecule has 31 heavy (non-hydrogen) atoms. The zero-order valence-electron chi connectivity index (χ0n) is 17.5. The number of hydrogen-bond acceptors (Lipinski definition) is 5. The van der Waals surface area contributed by atoms with E-state index in [0.29, 0.717) is 19.0 Å². The van der Waals surface area contributed by atoms with Crippen LogP contribution in [0.25, 0.3) is 11.0 Å². The molecule has 0 amide bonds. The van der Waals surface area contributed by atoms with Gasteiger partial charge < -0.3 is 15.1 Å². The van der Waals surface area contributed by atoms with E-state index in [1.165, 1.54) is 23.4 Å². The van der Waals surface area contributed by atoms with Gasteiger partial charge in [0, 0.05) is 30.9 Å². The van der Waals surface area contributed by atoms with E-state index in [-0.39, 0.29) is 0 Å². The molecule has 2 aliphatic rings. The summed E-state index contributed by atoms with van der Waals surface area (Å²) in [7, 11) is 0. The smallest absolute Gasteiger partial charge is 0.126 e. The van der Waals surface area contributed by atoms with Crippen molar-refractivity contribution in [1.82, 2.24) is 20.3 Å². The number of benzene rings is 2. The van der Waals surface area contributed by atoms with Crippen LogP contribution in [0.2, 0.25) is 0 Å². The van der Waals surface area contributed by atoms with Crippen LogP contribution < -0.4 is 5.48 Å². The number of hydroxylamine groups is 1. The summed E-state index contributed by atoms with van der Waals surface area (Å²) in [6.07, 6.45) is 9.61. The van der Waals surface area contributed by atoms with Crippen molar-refractivity contribution in [3.8, 4) is 0 Å². The molecule has 1 atom stereocenters. The third-order valence-electron chi connectivity index (χ3n) is 6.06. The quantitative estimate of drug-likeness (QED) is 0.491. The number of imidazole rings is 1. The molecule has 3 aromatic rings. The topological polar surface area (TPSA) is 76.5 Å². The Hall–Kier alpha value is -3.22. The van der Waals surface area contributed by atoms with Gasteiger partial charge in [0.25, 0.3) is 0 Å². The van der Waals surface area contributed by atoms with E-state index in [2.05, 4.69) is 57.8 Å². The maximum Gasteiger partial charge on any atom is 0.126 e. The molecular weight excluding hydrogens is 386 g/mol. The molecule has 0 saturated carbocycles. The van der Waals surface area contributed by atoms with E-state index in [1.54, 1.807) is 0 Å². The number of aliphatic imine (C=N–C) groups is 1. The number of hydrogen-bond donors (Lipinski definition) is 3. The first kappa shape index (κ1) is 19.7. The molecule has 3 N–H and O–H groups in total. The summed E-state index contributed by atoms with van der Waals surface area (Å²) in [5, 5.41) is 8.94. The second-order valence-corrected chi connectivity index (χ2v) is 8.20. The third kappa shape index (κ3) is 4.31. The van der Waals surface area contributed by atoms with Gasteiger partial charge in [-0.1, -0.05) is 42.5 Å². The molecule has 0 radical (unpaired) electrons. The highest BCUT2D eigenvalue weighted by Crippen LogP contribution is 2.36. The highest BCUT2D eigenvalue weighted by atomic mass is 16.5. The maximum absolute atomic E-state index is 8.94. The number of dihydropyridines is 1. The first-order valence-electron chi connectivity index (χ1n) is 10.9. The summed E-state index contributed by atoms with van der Waals surface area (Å²) in [6.45, 7) is 1.94. The van der Waals surface area contributed by atoms with Gasteiger partial charge in [-0.25, -0.2) is 10.5 Å². The second kappa shape index (κ2) is 8.88. The molecule has 158 valence electrons. The van der Waals surface area contributed by atoms with Gasteiger partial charge in [-0.05, 0) is 48.6 Å². The van der Waals surface area contributed by atoms with Gasteiger partial charge in [-0.15, -0.1) is 0 Å². The molecule has 2 heterocycles. The van der Waals surface area contributed by atoms with E-state index in [4.69, 9.17) is 15.2 Å². The van der Waals surface area contributed by atoms with Gasteiger partial charge in [-0.2, -0.15) is 0 Å². The fourth-order valence-corrected chi connectivity index (χ4v) is 4.54. The molecule has 1 aliphatic carbocycles. The van der Waals surface area contributed by atoms with Crippen molar-refractivity contribution in [2.75, 3.05) is 0 Å². The standard InChI is InChI=1S/C25H27N5O/c31-27-15-18-10-12-19(13-11-18)16-30(17-24-28-21-7-1-2-8-22(21)29-24)23-9-3-5-20-6-4-14-26-25(20)23/h1-2,4,6-8,10-14,20,27,31H,3,5,9,15-17H2,(H,28,29). The average molecular weight is 414 g/mol. The van der Waals surface area contributed by atoms with E-state index in [9.17, 15) is 0 Å². The lowest BCUT2D eigenvalue weighted by Gasteiger charge is -2.34. The Bertz CT molecular complexity index is 1110. The van der Waals surface area contributed by atoms with Crippen molar-refractivity contribution in [2.24, 2.45) is 10.9 Å². The SMILES string of the molecule is ONCc1ccc(CN(Cc2nc3ccccc3[nH]2)C2=C3N=CC=CC3CCC2)cc1. The van der Waals surface area contributed by atoms with Crippen LogP contribution in [-0.4, -0.2) is 26.3 Å². The predicted octanol–water partition coefficient (Wildman–Crippen LogP) is 4.70. The number of H-pyrrole nitrogens is 1. The van der Waals surface area contributed by atoms with Crippen molar-refractivity contribution in [1.29, 1.82) is 0 Å². The zero-order chi connectivity index (χ0) is 21.0. The summed E-state index contributed by atoms with van der Waals surface area (Å²) in [6, 6.07) is 16.5. The van der Waals surface area contributed by atoms with Crippen LogP contribution in [0.15, 0.2) is 77.1 Å². The lowest BCUT2D eigenvalue weighted by atomic mass is 9.88. The van der Waals surface area contributed by atoms with Gasteiger partial charge in [-0.3, -0.25) is 4.99 Å². The molecule has 1 aromatic heterocycles. The fraction of sp³-hybridized carbons (Fsp3) is 0.280. The molecule has 5 rings (SSSR count). The number of aromatic amines is 1. The van der Waals surface area contributed by atoms with Crippen LogP contribution in [0, 0.1) is 5.92 Å². The molecule has 6 heteroatoms. The molecule has 0 bridgehead atoms. The Morgan fingerprint density at radius 1 is 1.06 bits per heavy atom. The van der Waals surface area contributed by atoms with Gasteiger partial charge >= 0.3 is 0 Å². The van der Waals surface area contributed by atoms with Crippen LogP contribution in [0.1, 0.15) is 36.2 Å². The largest absolute Gasteiger partial charge is 0.362 e. The highest BCUT2D eigenvalue weighted by Gasteiger charge is 2.26. The lowest BCUT2D eigenvalue weighted by Crippen LogP contribution is -2.28. The number of allylic oxidation sites excluding steroid dienone is 3. The molecule has 1 unspecified atom stereocenters. The second-order valence-electron chi connectivity index (χ2n) is 8.20. The van der Waals surface area contributed by atoms with Gasteiger partial charge in [0.1, 0.15) is 5.82 Å². The molecule has 1 aliphatic heterocycles. The van der Waals surface area contributed by atoms with Crippen molar-refractivity contribution in [3.05, 3.63) is 89.0 Å². The van der Waals surface area contributed by atoms with Crippen LogP contribution in [0.3, 0.4) is 0 Å². The van der Waals surface area contributed by atoms with Gasteiger partial charge in [0.2, 0.25) is 0 Å². The molecule has 0 spiro atoms. The van der Waals surface area contributed by atoms with E-state index < -0.39 is 0 Å². The molecule has 0 saturated heterocycles. The van der Waals surface area contributed by atoms with E-state index in [0.717, 1.165) is 41.8 Å². The number of nitrogens with zero attached hydrogens (tertiary/aromatic N) is 3. The van der Waals surface area contributed by atoms with Crippen LogP contribution in [-0.2, 0) is 19.6 Å². The molecule has 2 aromatic carbocycles. The number of fused-ring (bicyclic) bond motifs is 2. The monoisotopic (exact) mass is 413 g/mol. The Balaban J connectivity index is 1.47. The normalized spacial score (nSPS) is 17.9. The van der Waals surface area contributed by atoms with Crippen LogP contribution in [0.5, 0.6) is 0 Å². The Kier molecular flexibility index (Phi) is 5.65. The van der Waals surface area contributed by atoms with Crippen molar-refractivity contribution in [3.63, 3.8) is 0 Å². The third-order valence-corrected chi connectivity index (χ3v) is 6.06. The van der Waals surface area contributed by atoms with Gasteiger partial charge in [0.15, 0.2) is 0 Å². The van der Waals surface area contributed by atoms with Crippen LogP contribution >= 0.6 is 0 Å². The summed E-state index contributed by atoms with van der Waals surface area (Å²) in [5.41, 5.74) is 9.08. The van der Waals surface area contributed by atoms with Gasteiger partial charge in [0.05, 0.1) is 23.3 Å². The minimum absolute atomic E-state index is 0.407. The summed E-state index contributed by atoms with van der Waals surface area (Å²) in [4.78, 5) is 15.5.